The van der Waals surface area contributed by atoms with Crippen molar-refractivity contribution in [3.63, 3.8) is 0 Å². The molecule has 0 saturated carbocycles. The van der Waals surface area contributed by atoms with Crippen molar-refractivity contribution >= 4 is 23.5 Å². The fourth-order valence-corrected chi connectivity index (χ4v) is 6.91. The molecule has 0 unspecified atom stereocenters. The Morgan fingerprint density at radius 3 is 1.36 bits per heavy atom. The first-order valence-electron chi connectivity index (χ1n) is 12.7. The van der Waals surface area contributed by atoms with E-state index in [1.807, 2.05) is 35.7 Å². The monoisotopic (exact) mass is 522 g/mol. The van der Waals surface area contributed by atoms with Gasteiger partial charge >= 0.3 is 0 Å². The molecule has 36 heavy (non-hydrogen) atoms. The van der Waals surface area contributed by atoms with Crippen LogP contribution >= 0.6 is 23.5 Å². The number of phenols is 3. The van der Waals surface area contributed by atoms with Crippen LogP contribution in [0.4, 0.5) is 0 Å². The zero-order chi connectivity index (χ0) is 26.0. The van der Waals surface area contributed by atoms with Crippen molar-refractivity contribution in [2.75, 3.05) is 11.5 Å². The summed E-state index contributed by atoms with van der Waals surface area (Å²) in [6, 6.07) is 12.4. The van der Waals surface area contributed by atoms with Gasteiger partial charge in [-0.15, -0.1) is 0 Å². The average molecular weight is 523 g/mol. The molecule has 0 saturated heterocycles. The van der Waals surface area contributed by atoms with Crippen LogP contribution in [0.25, 0.3) is 0 Å². The van der Waals surface area contributed by atoms with Crippen LogP contribution in [-0.2, 0) is 29.8 Å². The largest absolute Gasteiger partial charge is 0.507 e. The second-order valence-electron chi connectivity index (χ2n) is 11.1. The third-order valence-corrected chi connectivity index (χ3v) is 9.00. The van der Waals surface area contributed by atoms with Gasteiger partial charge in [-0.05, 0) is 65.0 Å². The molecule has 1 aliphatic heterocycles. The normalized spacial score (nSPS) is 15.2. The van der Waals surface area contributed by atoms with Gasteiger partial charge in [0.15, 0.2) is 0 Å². The molecule has 6 bridgehead atoms. The van der Waals surface area contributed by atoms with Gasteiger partial charge in [-0.25, -0.2) is 0 Å². The molecule has 3 aromatic carbocycles. The van der Waals surface area contributed by atoms with Gasteiger partial charge in [0.2, 0.25) is 0 Å². The lowest BCUT2D eigenvalue weighted by atomic mass is 9.82. The van der Waals surface area contributed by atoms with Crippen LogP contribution in [0.2, 0.25) is 0 Å². The van der Waals surface area contributed by atoms with E-state index in [0.717, 1.165) is 79.5 Å². The number of rotatable bonds is 0. The van der Waals surface area contributed by atoms with Crippen LogP contribution in [0.15, 0.2) is 36.4 Å². The molecule has 1 heterocycles. The number of hydrogen-bond acceptors (Lipinski definition) is 5. The quantitative estimate of drug-likeness (QED) is 0.281. The molecule has 3 nitrogen and oxygen atoms in total. The highest BCUT2D eigenvalue weighted by Crippen LogP contribution is 2.38. The molecule has 0 fully saturated rings. The average Bonchev–Trinajstić information content (AvgIpc) is 2.79. The second kappa shape index (κ2) is 11.0. The predicted molar refractivity (Wildman–Crippen MR) is 155 cm³/mol. The smallest absolute Gasteiger partial charge is 0.123 e. The van der Waals surface area contributed by atoms with Crippen molar-refractivity contribution in [2.24, 2.45) is 0 Å². The van der Waals surface area contributed by atoms with Gasteiger partial charge in [0.25, 0.3) is 0 Å². The van der Waals surface area contributed by atoms with Crippen molar-refractivity contribution in [1.82, 2.24) is 0 Å². The lowest BCUT2D eigenvalue weighted by Crippen LogP contribution is -2.13. The Kier molecular flexibility index (Phi) is 8.21. The summed E-state index contributed by atoms with van der Waals surface area (Å²) in [6.45, 7) is 10.6. The highest BCUT2D eigenvalue weighted by molar-refractivity contribution is 7.99. The van der Waals surface area contributed by atoms with Crippen LogP contribution in [0.3, 0.4) is 0 Å². The van der Waals surface area contributed by atoms with Gasteiger partial charge in [-0.2, -0.15) is 23.5 Å². The maximum atomic E-state index is 11.4. The van der Waals surface area contributed by atoms with Crippen molar-refractivity contribution in [3.8, 4) is 17.2 Å². The summed E-state index contributed by atoms with van der Waals surface area (Å²) in [5, 5.41) is 33.7. The maximum absolute atomic E-state index is 11.4. The lowest BCUT2D eigenvalue weighted by molar-refractivity contribution is 0.453. The van der Waals surface area contributed by atoms with Gasteiger partial charge in [0.1, 0.15) is 17.2 Å². The van der Waals surface area contributed by atoms with Crippen molar-refractivity contribution in [3.05, 3.63) is 86.5 Å². The summed E-state index contributed by atoms with van der Waals surface area (Å²) in [5.74, 6) is 4.52. The summed E-state index contributed by atoms with van der Waals surface area (Å²) in [6.07, 6.45) is 1.99. The SMILES string of the molecule is Cc1cc2c(O)c(c1)Cc1cc(C(C)(C)C)cc(c1O)Cc1cc(C)cc(c1O)CSCCCSC2. The fraction of sp³-hybridized carbons (Fsp3) is 0.419. The summed E-state index contributed by atoms with van der Waals surface area (Å²) < 4.78 is 0. The second-order valence-corrected chi connectivity index (χ2v) is 13.3. The number of aryl methyl sites for hydroxylation is 2. The minimum absolute atomic E-state index is 0.110. The van der Waals surface area contributed by atoms with Crippen LogP contribution in [-0.4, -0.2) is 26.8 Å². The van der Waals surface area contributed by atoms with E-state index in [0.29, 0.717) is 24.3 Å². The first kappa shape index (κ1) is 26.8. The van der Waals surface area contributed by atoms with E-state index < -0.39 is 0 Å². The van der Waals surface area contributed by atoms with Gasteiger partial charge in [0.05, 0.1) is 0 Å². The van der Waals surface area contributed by atoms with E-state index in [4.69, 9.17) is 0 Å². The zero-order valence-corrected chi connectivity index (χ0v) is 23.7. The Balaban J connectivity index is 1.87. The Morgan fingerprint density at radius 1 is 0.583 bits per heavy atom. The van der Waals surface area contributed by atoms with E-state index in [2.05, 4.69) is 58.9 Å². The summed E-state index contributed by atoms with van der Waals surface area (Å²) in [7, 11) is 0. The van der Waals surface area contributed by atoms with Crippen molar-refractivity contribution in [1.29, 1.82) is 0 Å². The molecule has 0 aromatic heterocycles. The van der Waals surface area contributed by atoms with E-state index in [9.17, 15) is 15.3 Å². The summed E-state index contributed by atoms with van der Waals surface area (Å²) in [4.78, 5) is 0. The predicted octanol–water partition coefficient (Wildman–Crippen LogP) is 7.77. The van der Waals surface area contributed by atoms with E-state index in [1.54, 1.807) is 0 Å². The minimum Gasteiger partial charge on any atom is -0.507 e. The Labute approximate surface area is 224 Å². The Hall–Kier alpha value is -2.24. The third-order valence-electron chi connectivity index (χ3n) is 6.81. The summed E-state index contributed by atoms with van der Waals surface area (Å²) >= 11 is 3.69. The number of thioether (sulfide) groups is 2. The molecule has 3 N–H and O–H groups in total. The summed E-state index contributed by atoms with van der Waals surface area (Å²) in [5.41, 5.74) is 8.48. The molecule has 0 radical (unpaired) electrons. The number of phenolic OH excluding ortho intramolecular Hbond substituents is 3. The van der Waals surface area contributed by atoms with E-state index >= 15 is 0 Å². The van der Waals surface area contributed by atoms with Gasteiger partial charge < -0.3 is 15.3 Å². The highest BCUT2D eigenvalue weighted by Gasteiger charge is 2.22. The van der Waals surface area contributed by atoms with Gasteiger partial charge in [-0.1, -0.05) is 68.3 Å². The number of aromatic hydroxyl groups is 3. The van der Waals surface area contributed by atoms with Gasteiger partial charge in [0, 0.05) is 35.5 Å². The Morgan fingerprint density at radius 2 is 0.944 bits per heavy atom. The first-order chi connectivity index (χ1) is 17.0. The first-order valence-corrected chi connectivity index (χ1v) is 15.0. The molecule has 4 rings (SSSR count). The van der Waals surface area contributed by atoms with E-state index in [-0.39, 0.29) is 11.2 Å². The van der Waals surface area contributed by atoms with Gasteiger partial charge in [-0.3, -0.25) is 0 Å². The topological polar surface area (TPSA) is 60.7 Å². The van der Waals surface area contributed by atoms with Crippen molar-refractivity contribution < 1.29 is 15.3 Å². The van der Waals surface area contributed by atoms with Crippen molar-refractivity contribution in [2.45, 2.75) is 70.8 Å². The van der Waals surface area contributed by atoms with Crippen LogP contribution in [0.1, 0.15) is 77.3 Å². The fourth-order valence-electron chi connectivity index (χ4n) is 4.86. The molecule has 3 aromatic rings. The minimum atomic E-state index is -0.110. The molecule has 1 aliphatic rings. The molecule has 0 atom stereocenters. The molecule has 0 amide bonds. The highest BCUT2D eigenvalue weighted by atomic mass is 32.2. The standard InChI is InChI=1S/C31H38O3S2/c1-19-9-21-13-23-15-27(31(3,4)5)16-24(28(23)32)14-22-10-20(2)12-26(30(22)34)18-36-8-6-7-35-17-25(11-19)29(21)33/h9-12,15-16,32-34H,6-8,13-14,17-18H2,1-5H3. The van der Waals surface area contributed by atoms with E-state index in [1.165, 1.54) is 0 Å². The third kappa shape index (κ3) is 6.18. The van der Waals surface area contributed by atoms with Crippen LogP contribution in [0, 0.1) is 13.8 Å². The van der Waals surface area contributed by atoms with Crippen LogP contribution < -0.4 is 0 Å². The molecule has 5 heteroatoms. The number of hydrogen-bond donors (Lipinski definition) is 3. The number of fused-ring (bicyclic) bond motifs is 6. The van der Waals surface area contributed by atoms with Crippen LogP contribution in [0.5, 0.6) is 17.2 Å². The number of benzene rings is 3. The molecular formula is C31H38O3S2. The molecule has 0 aliphatic carbocycles. The molecule has 0 spiro atoms. The maximum Gasteiger partial charge on any atom is 0.123 e. The Bertz CT molecular complexity index is 1170. The molecule has 192 valence electrons. The zero-order valence-electron chi connectivity index (χ0n) is 22.1. The molecular weight excluding hydrogens is 484 g/mol. The lowest BCUT2D eigenvalue weighted by Gasteiger charge is -2.23.